The molecule has 1 aliphatic heterocycles. The van der Waals surface area contributed by atoms with Gasteiger partial charge in [0, 0.05) is 23.1 Å². The number of para-hydroxylation sites is 1. The zero-order valence-electron chi connectivity index (χ0n) is 17.3. The number of hydrogen-bond donors (Lipinski definition) is 1. The lowest BCUT2D eigenvalue weighted by Gasteiger charge is -2.33. The average Bonchev–Trinajstić information content (AvgIpc) is 3.05. The lowest BCUT2D eigenvalue weighted by Crippen LogP contribution is -2.29. The summed E-state index contributed by atoms with van der Waals surface area (Å²) < 4.78 is 1.90. The van der Waals surface area contributed by atoms with Crippen molar-refractivity contribution in [3.8, 4) is 0 Å². The number of aromatic nitrogens is 5. The van der Waals surface area contributed by atoms with Gasteiger partial charge in [0.1, 0.15) is 12.1 Å². The van der Waals surface area contributed by atoms with Gasteiger partial charge >= 0.3 is 0 Å². The predicted octanol–water partition coefficient (Wildman–Crippen LogP) is 3.79. The maximum atomic E-state index is 6.08. The van der Waals surface area contributed by atoms with E-state index in [1.807, 2.05) is 17.8 Å². The van der Waals surface area contributed by atoms with Crippen LogP contribution < -0.4 is 10.6 Å². The highest BCUT2D eigenvalue weighted by Gasteiger charge is 2.24. The molecule has 0 spiro atoms. The standard InChI is InChI=1S/C23H23N7/c1-14-8-9-25-19-10-17(29(12-18(14)19)20-7-5-4-6-15(20)2)11-30-23-21(16(3)28-30)22(24)26-13-27-23/h4-10,13H,11-12H2,1-3H3,(H2,24,26,27). The Bertz CT molecular complexity index is 1300. The van der Waals surface area contributed by atoms with Crippen molar-refractivity contribution >= 4 is 28.6 Å². The Morgan fingerprint density at radius 1 is 1.00 bits per heavy atom. The Hall–Kier alpha value is -3.74. The van der Waals surface area contributed by atoms with Gasteiger partial charge in [-0.25, -0.2) is 14.6 Å². The maximum absolute atomic E-state index is 6.08. The molecule has 0 amide bonds. The largest absolute Gasteiger partial charge is 0.383 e. The molecule has 7 nitrogen and oxygen atoms in total. The molecule has 2 N–H and O–H groups in total. The number of nitrogens with zero attached hydrogens (tertiary/aromatic N) is 6. The van der Waals surface area contributed by atoms with Crippen LogP contribution in [0, 0.1) is 20.8 Å². The van der Waals surface area contributed by atoms with E-state index in [4.69, 9.17) is 10.8 Å². The van der Waals surface area contributed by atoms with Crippen LogP contribution >= 0.6 is 0 Å². The number of allylic oxidation sites excluding steroid dienone is 1. The molecule has 1 aliphatic rings. The Morgan fingerprint density at radius 3 is 2.67 bits per heavy atom. The minimum absolute atomic E-state index is 0.458. The van der Waals surface area contributed by atoms with Crippen LogP contribution in [-0.2, 0) is 13.1 Å². The van der Waals surface area contributed by atoms with Gasteiger partial charge in [-0.2, -0.15) is 5.10 Å². The van der Waals surface area contributed by atoms with Crippen LogP contribution in [-0.4, -0.2) is 24.7 Å². The molecule has 7 heteroatoms. The third kappa shape index (κ3) is 2.90. The van der Waals surface area contributed by atoms with Gasteiger partial charge in [0.2, 0.25) is 0 Å². The zero-order chi connectivity index (χ0) is 20.8. The molecule has 30 heavy (non-hydrogen) atoms. The van der Waals surface area contributed by atoms with E-state index in [2.05, 4.69) is 70.1 Å². The fraction of sp³-hybridized carbons (Fsp3) is 0.217. The number of anilines is 2. The van der Waals surface area contributed by atoms with Gasteiger partial charge < -0.3 is 10.6 Å². The summed E-state index contributed by atoms with van der Waals surface area (Å²) in [6.45, 7) is 7.54. The van der Waals surface area contributed by atoms with Gasteiger partial charge in [-0.15, -0.1) is 0 Å². The second-order valence-electron chi connectivity index (χ2n) is 7.70. The summed E-state index contributed by atoms with van der Waals surface area (Å²) in [5.41, 5.74) is 14.7. The number of pyridine rings is 1. The van der Waals surface area contributed by atoms with E-state index in [-0.39, 0.29) is 0 Å². The second kappa shape index (κ2) is 6.95. The fourth-order valence-electron chi connectivity index (χ4n) is 4.15. The molecule has 0 saturated carbocycles. The number of nitrogens with two attached hydrogens (primary N) is 1. The summed E-state index contributed by atoms with van der Waals surface area (Å²) in [7, 11) is 0. The highest BCUT2D eigenvalue weighted by molar-refractivity contribution is 5.88. The first-order valence-corrected chi connectivity index (χ1v) is 9.94. The SMILES string of the molecule is Cc1ccccc1N1Cc2c(C)ccnc2C=C1Cn1nc(C)c2c(N)ncnc21. The van der Waals surface area contributed by atoms with Crippen molar-refractivity contribution in [2.75, 3.05) is 10.6 Å². The molecule has 1 aromatic carbocycles. The highest BCUT2D eigenvalue weighted by atomic mass is 15.3. The van der Waals surface area contributed by atoms with E-state index in [0.29, 0.717) is 12.4 Å². The summed E-state index contributed by atoms with van der Waals surface area (Å²) >= 11 is 0. The number of nitrogen functional groups attached to an aromatic ring is 1. The van der Waals surface area contributed by atoms with Crippen molar-refractivity contribution in [3.63, 3.8) is 0 Å². The van der Waals surface area contributed by atoms with Crippen molar-refractivity contribution in [2.24, 2.45) is 0 Å². The van der Waals surface area contributed by atoms with Gasteiger partial charge in [-0.3, -0.25) is 4.98 Å². The predicted molar refractivity (Wildman–Crippen MR) is 119 cm³/mol. The molecule has 5 rings (SSSR count). The van der Waals surface area contributed by atoms with E-state index >= 15 is 0 Å². The number of fused-ring (bicyclic) bond motifs is 2. The van der Waals surface area contributed by atoms with Crippen molar-refractivity contribution in [1.82, 2.24) is 24.7 Å². The summed E-state index contributed by atoms with van der Waals surface area (Å²) in [4.78, 5) is 15.5. The molecule has 3 aromatic heterocycles. The van der Waals surface area contributed by atoms with Crippen LogP contribution in [0.3, 0.4) is 0 Å². The smallest absolute Gasteiger partial charge is 0.163 e. The van der Waals surface area contributed by atoms with Gasteiger partial charge in [-0.05, 0) is 50.1 Å². The molecule has 0 fully saturated rings. The molecule has 0 unspecified atom stereocenters. The Kier molecular flexibility index (Phi) is 4.24. The summed E-state index contributed by atoms with van der Waals surface area (Å²) in [5, 5.41) is 5.53. The summed E-state index contributed by atoms with van der Waals surface area (Å²) in [6, 6.07) is 10.5. The molecule has 0 atom stereocenters. The van der Waals surface area contributed by atoms with Gasteiger partial charge in [0.15, 0.2) is 5.65 Å². The molecular formula is C23H23N7. The average molecular weight is 397 g/mol. The highest BCUT2D eigenvalue weighted by Crippen LogP contribution is 2.33. The van der Waals surface area contributed by atoms with Crippen LogP contribution in [0.1, 0.15) is 28.1 Å². The first-order valence-electron chi connectivity index (χ1n) is 9.94. The third-order valence-electron chi connectivity index (χ3n) is 5.74. The lowest BCUT2D eigenvalue weighted by atomic mass is 10.0. The van der Waals surface area contributed by atoms with Crippen LogP contribution in [0.25, 0.3) is 17.1 Å². The monoisotopic (exact) mass is 397 g/mol. The van der Waals surface area contributed by atoms with Crippen LogP contribution in [0.5, 0.6) is 0 Å². The molecule has 0 aliphatic carbocycles. The van der Waals surface area contributed by atoms with Crippen molar-refractivity contribution in [1.29, 1.82) is 0 Å². The third-order valence-corrected chi connectivity index (χ3v) is 5.74. The molecule has 4 heterocycles. The van der Waals surface area contributed by atoms with Crippen LogP contribution in [0.2, 0.25) is 0 Å². The second-order valence-corrected chi connectivity index (χ2v) is 7.70. The number of benzene rings is 1. The molecule has 150 valence electrons. The summed E-state index contributed by atoms with van der Waals surface area (Å²) in [5.74, 6) is 0.458. The number of aryl methyl sites for hydroxylation is 3. The Balaban J connectivity index is 1.66. The van der Waals surface area contributed by atoms with Gasteiger partial charge in [-0.1, -0.05) is 18.2 Å². The molecule has 0 radical (unpaired) electrons. The zero-order valence-corrected chi connectivity index (χ0v) is 17.3. The minimum atomic E-state index is 0.458. The van der Waals surface area contributed by atoms with Gasteiger partial charge in [0.25, 0.3) is 0 Å². The maximum Gasteiger partial charge on any atom is 0.163 e. The Morgan fingerprint density at radius 2 is 1.83 bits per heavy atom. The van der Waals surface area contributed by atoms with Gasteiger partial charge in [0.05, 0.1) is 29.9 Å². The van der Waals surface area contributed by atoms with E-state index in [0.717, 1.165) is 34.7 Å². The molecule has 0 saturated heterocycles. The summed E-state index contributed by atoms with van der Waals surface area (Å²) in [6.07, 6.45) is 5.52. The first kappa shape index (κ1) is 18.3. The fourth-order valence-corrected chi connectivity index (χ4v) is 4.15. The quantitative estimate of drug-likeness (QED) is 0.566. The molecule has 4 aromatic rings. The van der Waals surface area contributed by atoms with E-state index < -0.39 is 0 Å². The van der Waals surface area contributed by atoms with E-state index in [1.165, 1.54) is 28.7 Å². The Labute approximate surface area is 174 Å². The minimum Gasteiger partial charge on any atom is -0.383 e. The normalized spacial score (nSPS) is 13.4. The van der Waals surface area contributed by atoms with Crippen molar-refractivity contribution in [3.05, 3.63) is 76.6 Å². The first-order chi connectivity index (χ1) is 14.5. The van der Waals surface area contributed by atoms with Crippen LogP contribution in [0.15, 0.2) is 48.6 Å². The number of hydrogen-bond acceptors (Lipinski definition) is 6. The van der Waals surface area contributed by atoms with Crippen LogP contribution in [0.4, 0.5) is 11.5 Å². The topological polar surface area (TPSA) is 85.8 Å². The van der Waals surface area contributed by atoms with Crippen molar-refractivity contribution in [2.45, 2.75) is 33.9 Å². The molecular weight excluding hydrogens is 374 g/mol. The van der Waals surface area contributed by atoms with E-state index in [9.17, 15) is 0 Å². The number of rotatable bonds is 3. The van der Waals surface area contributed by atoms with E-state index in [1.54, 1.807) is 0 Å². The lowest BCUT2D eigenvalue weighted by molar-refractivity contribution is 0.658. The molecule has 0 bridgehead atoms. The van der Waals surface area contributed by atoms with Crippen molar-refractivity contribution < 1.29 is 0 Å².